The van der Waals surface area contributed by atoms with E-state index in [-0.39, 0.29) is 17.3 Å². The fraction of sp³-hybridized carbons (Fsp3) is 0.500. The third-order valence-electron chi connectivity index (χ3n) is 4.42. The summed E-state index contributed by atoms with van der Waals surface area (Å²) < 4.78 is 1.34. The van der Waals surface area contributed by atoms with Crippen LogP contribution in [0.3, 0.4) is 0 Å². The number of hydrogen-bond acceptors (Lipinski definition) is 5. The maximum absolute atomic E-state index is 12.2. The summed E-state index contributed by atoms with van der Waals surface area (Å²) in [5.41, 5.74) is 1.89. The zero-order valence-electron chi connectivity index (χ0n) is 15.8. The summed E-state index contributed by atoms with van der Waals surface area (Å²) in [6.07, 6.45) is 3.15. The van der Waals surface area contributed by atoms with Crippen LogP contribution < -0.4 is 16.2 Å². The number of hydrogen-bond donors (Lipinski definition) is 3. The second-order valence-corrected chi connectivity index (χ2v) is 7.14. The Kier molecular flexibility index (Phi) is 5.38. The number of nitrogens with zero attached hydrogens (tertiary/aromatic N) is 3. The lowest BCUT2D eigenvalue weighted by atomic mass is 10.1. The van der Waals surface area contributed by atoms with Gasteiger partial charge in [-0.1, -0.05) is 13.8 Å². The van der Waals surface area contributed by atoms with Gasteiger partial charge in [0.1, 0.15) is 5.82 Å². The van der Waals surface area contributed by atoms with Crippen LogP contribution in [0, 0.1) is 12.8 Å². The molecule has 2 aromatic heterocycles. The SMILES string of the molecule is Cc1cc(NC(=O)C(=O)NCCC(C)C)n(-c2nc3c(c(=O)[nH]2)CCC3)n1. The molecular formula is C18H24N6O3. The Hall–Kier alpha value is -2.97. The normalized spacial score (nSPS) is 12.9. The molecule has 0 radical (unpaired) electrons. The number of aromatic amines is 1. The molecule has 0 spiro atoms. The third kappa shape index (κ3) is 4.24. The third-order valence-corrected chi connectivity index (χ3v) is 4.42. The topological polar surface area (TPSA) is 122 Å². The van der Waals surface area contributed by atoms with E-state index in [2.05, 4.69) is 25.7 Å². The number of aromatic nitrogens is 4. The summed E-state index contributed by atoms with van der Waals surface area (Å²) in [7, 11) is 0. The van der Waals surface area contributed by atoms with Crippen LogP contribution in [-0.2, 0) is 22.4 Å². The minimum Gasteiger partial charge on any atom is -0.348 e. The highest BCUT2D eigenvalue weighted by Gasteiger charge is 2.21. The van der Waals surface area contributed by atoms with Gasteiger partial charge in [0.05, 0.1) is 11.4 Å². The number of rotatable bonds is 5. The number of anilines is 1. The lowest BCUT2D eigenvalue weighted by Gasteiger charge is -2.10. The monoisotopic (exact) mass is 372 g/mol. The van der Waals surface area contributed by atoms with E-state index in [1.807, 2.05) is 13.8 Å². The van der Waals surface area contributed by atoms with Gasteiger partial charge in [0.15, 0.2) is 0 Å². The Balaban J connectivity index is 1.79. The summed E-state index contributed by atoms with van der Waals surface area (Å²) in [6.45, 7) is 6.26. The van der Waals surface area contributed by atoms with Gasteiger partial charge in [-0.15, -0.1) is 0 Å². The summed E-state index contributed by atoms with van der Waals surface area (Å²) in [5.74, 6) is -0.568. The zero-order chi connectivity index (χ0) is 19.6. The average Bonchev–Trinajstić information content (AvgIpc) is 3.21. The number of nitrogens with one attached hydrogen (secondary N) is 3. The van der Waals surface area contributed by atoms with Gasteiger partial charge in [-0.05, 0) is 38.5 Å². The first kappa shape index (κ1) is 18.8. The number of amides is 2. The Labute approximate surface area is 156 Å². The molecule has 9 heteroatoms. The van der Waals surface area contributed by atoms with Crippen LogP contribution in [0.25, 0.3) is 5.95 Å². The molecule has 0 bridgehead atoms. The summed E-state index contributed by atoms with van der Waals surface area (Å²) in [4.78, 5) is 43.6. The highest BCUT2D eigenvalue weighted by atomic mass is 16.2. The van der Waals surface area contributed by atoms with Crippen LogP contribution >= 0.6 is 0 Å². The van der Waals surface area contributed by atoms with Crippen LogP contribution in [0.2, 0.25) is 0 Å². The number of H-pyrrole nitrogens is 1. The minimum absolute atomic E-state index is 0.190. The van der Waals surface area contributed by atoms with E-state index < -0.39 is 11.8 Å². The molecule has 2 aromatic rings. The minimum atomic E-state index is -0.789. The van der Waals surface area contributed by atoms with Crippen LogP contribution in [0.1, 0.15) is 43.6 Å². The average molecular weight is 372 g/mol. The lowest BCUT2D eigenvalue weighted by molar-refractivity contribution is -0.136. The first-order chi connectivity index (χ1) is 12.8. The van der Waals surface area contributed by atoms with E-state index in [9.17, 15) is 14.4 Å². The van der Waals surface area contributed by atoms with E-state index in [0.717, 1.165) is 31.4 Å². The van der Waals surface area contributed by atoms with Crippen molar-refractivity contribution in [3.8, 4) is 5.95 Å². The molecule has 2 heterocycles. The highest BCUT2D eigenvalue weighted by molar-refractivity contribution is 6.39. The second-order valence-electron chi connectivity index (χ2n) is 7.14. The second kappa shape index (κ2) is 7.73. The fourth-order valence-electron chi connectivity index (χ4n) is 3.01. The van der Waals surface area contributed by atoms with Crippen molar-refractivity contribution in [1.82, 2.24) is 25.1 Å². The molecule has 0 fully saturated rings. The molecule has 0 aromatic carbocycles. The van der Waals surface area contributed by atoms with Crippen LogP contribution in [0.15, 0.2) is 10.9 Å². The van der Waals surface area contributed by atoms with E-state index in [0.29, 0.717) is 23.7 Å². The highest BCUT2D eigenvalue weighted by Crippen LogP contribution is 2.19. The van der Waals surface area contributed by atoms with E-state index in [1.54, 1.807) is 13.0 Å². The number of carbonyl (C=O) groups excluding carboxylic acids is 2. The van der Waals surface area contributed by atoms with Crippen molar-refractivity contribution in [3.63, 3.8) is 0 Å². The van der Waals surface area contributed by atoms with Crippen LogP contribution in [0.5, 0.6) is 0 Å². The van der Waals surface area contributed by atoms with Gasteiger partial charge in [0.25, 0.3) is 5.56 Å². The summed E-state index contributed by atoms with van der Waals surface area (Å²) in [6, 6.07) is 1.62. The fourth-order valence-corrected chi connectivity index (χ4v) is 3.01. The van der Waals surface area contributed by atoms with Crippen molar-refractivity contribution in [2.45, 2.75) is 46.5 Å². The molecule has 0 unspecified atom stereocenters. The molecule has 3 N–H and O–H groups in total. The molecule has 0 saturated carbocycles. The van der Waals surface area contributed by atoms with E-state index in [4.69, 9.17) is 0 Å². The van der Waals surface area contributed by atoms with Crippen molar-refractivity contribution in [1.29, 1.82) is 0 Å². The molecule has 3 rings (SSSR count). The number of fused-ring (bicyclic) bond motifs is 1. The number of aryl methyl sites for hydroxylation is 2. The van der Waals surface area contributed by atoms with E-state index in [1.165, 1.54) is 4.68 Å². The maximum atomic E-state index is 12.2. The maximum Gasteiger partial charge on any atom is 0.314 e. The molecule has 0 atom stereocenters. The predicted octanol–water partition coefficient (Wildman–Crippen LogP) is 0.854. The largest absolute Gasteiger partial charge is 0.348 e. The van der Waals surface area contributed by atoms with Crippen molar-refractivity contribution < 1.29 is 9.59 Å². The van der Waals surface area contributed by atoms with Gasteiger partial charge in [-0.2, -0.15) is 9.78 Å². The Bertz CT molecular complexity index is 928. The quantitative estimate of drug-likeness (QED) is 0.672. The van der Waals surface area contributed by atoms with E-state index >= 15 is 0 Å². The Morgan fingerprint density at radius 1 is 1.30 bits per heavy atom. The van der Waals surface area contributed by atoms with Gasteiger partial charge in [-0.25, -0.2) is 4.98 Å². The standard InChI is InChI=1S/C18H24N6O3/c1-10(2)7-8-19-16(26)17(27)21-14-9-11(3)23-24(14)18-20-13-6-4-5-12(13)15(25)22-18/h9-10H,4-8H2,1-3H3,(H,19,26)(H,21,27)(H,20,22,25). The summed E-state index contributed by atoms with van der Waals surface area (Å²) in [5, 5.41) is 9.41. The molecule has 144 valence electrons. The first-order valence-corrected chi connectivity index (χ1v) is 9.13. The van der Waals surface area contributed by atoms with Gasteiger partial charge in [0, 0.05) is 18.2 Å². The lowest BCUT2D eigenvalue weighted by Crippen LogP contribution is -2.36. The molecule has 2 amide bonds. The molecule has 1 aliphatic carbocycles. The van der Waals surface area contributed by atoms with Gasteiger partial charge >= 0.3 is 11.8 Å². The van der Waals surface area contributed by atoms with Crippen LogP contribution in [0.4, 0.5) is 5.82 Å². The van der Waals surface area contributed by atoms with Gasteiger partial charge < -0.3 is 10.6 Å². The Morgan fingerprint density at radius 2 is 2.07 bits per heavy atom. The van der Waals surface area contributed by atoms with Crippen molar-refractivity contribution in [2.75, 3.05) is 11.9 Å². The first-order valence-electron chi connectivity index (χ1n) is 9.13. The van der Waals surface area contributed by atoms with Gasteiger partial charge in [-0.3, -0.25) is 19.4 Å². The smallest absolute Gasteiger partial charge is 0.314 e. The molecule has 1 aliphatic rings. The zero-order valence-corrected chi connectivity index (χ0v) is 15.8. The molecule has 9 nitrogen and oxygen atoms in total. The van der Waals surface area contributed by atoms with Crippen LogP contribution in [-0.4, -0.2) is 38.1 Å². The van der Waals surface area contributed by atoms with Crippen molar-refractivity contribution >= 4 is 17.6 Å². The Morgan fingerprint density at radius 3 is 2.81 bits per heavy atom. The van der Waals surface area contributed by atoms with Gasteiger partial charge in [0.2, 0.25) is 5.95 Å². The number of carbonyl (C=O) groups is 2. The van der Waals surface area contributed by atoms with Crippen molar-refractivity contribution in [2.24, 2.45) is 5.92 Å². The molecule has 27 heavy (non-hydrogen) atoms. The molecule has 0 saturated heterocycles. The molecule has 0 aliphatic heterocycles. The predicted molar refractivity (Wildman–Crippen MR) is 99.8 cm³/mol. The molecular weight excluding hydrogens is 348 g/mol. The summed E-state index contributed by atoms with van der Waals surface area (Å²) >= 11 is 0. The van der Waals surface area contributed by atoms with Crippen molar-refractivity contribution in [3.05, 3.63) is 33.4 Å².